The number of phenols is 2. The minimum absolute atomic E-state index is 0. The molecule has 1 aliphatic rings. The molecule has 0 saturated heterocycles. The third-order valence-electron chi connectivity index (χ3n) is 10.1. The second-order valence-corrected chi connectivity index (χ2v) is 15.2. The van der Waals surface area contributed by atoms with Crippen LogP contribution in [-0.4, -0.2) is 14.9 Å². The summed E-state index contributed by atoms with van der Waals surface area (Å²) in [4.78, 5) is 0. The SMILES string of the molecule is CCCCCCCCC1=C(c2cc(C)cc(CCCC)c2)[N+](=[N-])C(c2cc(C)cc(CCCC)c2)=C1CCCCC.Oc1ccccc1.Oc1ccccc1.[Ni]. The number of benzene rings is 4. The van der Waals surface area contributed by atoms with Crippen molar-refractivity contribution in [2.24, 2.45) is 0 Å². The van der Waals surface area contributed by atoms with Gasteiger partial charge in [-0.3, -0.25) is 0 Å². The summed E-state index contributed by atoms with van der Waals surface area (Å²) in [6.45, 7) is 13.5. The Hall–Kier alpha value is -3.95. The van der Waals surface area contributed by atoms with Gasteiger partial charge in [-0.15, -0.1) is 0 Å². The molecule has 0 saturated carbocycles. The molecule has 0 unspecified atom stereocenters. The van der Waals surface area contributed by atoms with Crippen molar-refractivity contribution in [3.63, 3.8) is 0 Å². The van der Waals surface area contributed by atoms with Gasteiger partial charge >= 0.3 is 0 Å². The van der Waals surface area contributed by atoms with E-state index in [2.05, 4.69) is 77.9 Å². The molecule has 56 heavy (non-hydrogen) atoms. The number of aromatic hydroxyl groups is 2. The van der Waals surface area contributed by atoms with Gasteiger partial charge in [0.15, 0.2) is 0 Å². The van der Waals surface area contributed by atoms with Crippen LogP contribution in [0.4, 0.5) is 0 Å². The fourth-order valence-corrected chi connectivity index (χ4v) is 7.32. The average molecular weight is 802 g/mol. The third kappa shape index (κ3) is 16.6. The molecule has 4 nitrogen and oxygen atoms in total. The summed E-state index contributed by atoms with van der Waals surface area (Å²) in [5.41, 5.74) is 24.7. The largest absolute Gasteiger partial charge is 0.508 e. The normalized spacial score (nSPS) is 12.1. The molecule has 0 aromatic heterocycles. The monoisotopic (exact) mass is 800 g/mol. The van der Waals surface area contributed by atoms with Crippen LogP contribution in [0.5, 0.6) is 11.5 Å². The molecule has 5 heteroatoms. The minimum atomic E-state index is 0. The van der Waals surface area contributed by atoms with Crippen LogP contribution in [0.1, 0.15) is 157 Å². The maximum Gasteiger partial charge on any atom is 0.211 e. The first-order valence-electron chi connectivity index (χ1n) is 21.4. The number of nitrogens with zero attached hydrogens (tertiary/aromatic N) is 2. The van der Waals surface area contributed by atoms with Crippen LogP contribution in [0.15, 0.2) is 108 Å². The zero-order chi connectivity index (χ0) is 39.8. The quantitative estimate of drug-likeness (QED) is 0.0563. The number of para-hydroxylation sites is 2. The summed E-state index contributed by atoms with van der Waals surface area (Å²) < 4.78 is 1.60. The Morgan fingerprint density at radius 3 is 1.18 bits per heavy atom. The maximum atomic E-state index is 12.2. The summed E-state index contributed by atoms with van der Waals surface area (Å²) in [7, 11) is 0. The van der Waals surface area contributed by atoms with Gasteiger partial charge in [-0.1, -0.05) is 145 Å². The Morgan fingerprint density at radius 2 is 0.804 bits per heavy atom. The van der Waals surface area contributed by atoms with E-state index >= 15 is 0 Å². The molecule has 4 aromatic carbocycles. The minimum Gasteiger partial charge on any atom is -0.508 e. The van der Waals surface area contributed by atoms with E-state index in [1.807, 2.05) is 12.1 Å². The Labute approximate surface area is 350 Å². The molecule has 1 aliphatic heterocycles. The van der Waals surface area contributed by atoms with Gasteiger partial charge in [0.2, 0.25) is 11.4 Å². The molecule has 0 aliphatic carbocycles. The molecule has 1 heterocycles. The first-order valence-corrected chi connectivity index (χ1v) is 21.4. The zero-order valence-corrected chi connectivity index (χ0v) is 36.4. The Bertz CT molecular complexity index is 1740. The standard InChI is InChI=1S/C39H58N2.2C6H6O.Ni/c1-7-11-15-16-17-19-23-37-36(22-18-12-8-2)38(34-26-30(5)24-32(28-34)20-13-9-3)41(40)39(37)35-27-31(6)25-33(29-35)21-14-10-4;2*7-6-4-2-1-3-5-6;/h24-29H,7-23H2,1-6H3;2*1-5,7H;. The van der Waals surface area contributed by atoms with Crippen molar-refractivity contribution in [1.82, 2.24) is 0 Å². The maximum absolute atomic E-state index is 12.2. The molecule has 0 amide bonds. The number of hydrogen-bond donors (Lipinski definition) is 2. The molecule has 4 aromatic rings. The summed E-state index contributed by atoms with van der Waals surface area (Å²) in [6, 6.07) is 31.4. The van der Waals surface area contributed by atoms with Gasteiger partial charge in [-0.2, -0.15) is 0 Å². The average Bonchev–Trinajstić information content (AvgIpc) is 3.45. The predicted octanol–water partition coefficient (Wildman–Crippen LogP) is 15.3. The van der Waals surface area contributed by atoms with Crippen molar-refractivity contribution < 1.29 is 31.4 Å². The van der Waals surface area contributed by atoms with Gasteiger partial charge in [0.1, 0.15) is 11.5 Å². The summed E-state index contributed by atoms with van der Waals surface area (Å²) in [5, 5.41) is 17.3. The van der Waals surface area contributed by atoms with Gasteiger partial charge in [0.25, 0.3) is 0 Å². The van der Waals surface area contributed by atoms with E-state index in [-0.39, 0.29) is 16.5 Å². The number of rotatable bonds is 19. The van der Waals surface area contributed by atoms with Crippen molar-refractivity contribution >= 4 is 11.4 Å². The van der Waals surface area contributed by atoms with Gasteiger partial charge < -0.3 is 15.7 Å². The molecule has 0 atom stereocenters. The van der Waals surface area contributed by atoms with Crippen molar-refractivity contribution in [3.05, 3.63) is 147 Å². The van der Waals surface area contributed by atoms with E-state index in [1.54, 1.807) is 53.2 Å². The van der Waals surface area contributed by atoms with Crippen molar-refractivity contribution in [2.75, 3.05) is 0 Å². The van der Waals surface area contributed by atoms with E-state index in [0.29, 0.717) is 11.5 Å². The van der Waals surface area contributed by atoms with E-state index in [0.717, 1.165) is 37.1 Å². The number of allylic oxidation sites excluding steroid dienone is 2. The van der Waals surface area contributed by atoms with Crippen molar-refractivity contribution in [2.45, 2.75) is 151 Å². The second kappa shape index (κ2) is 27.6. The third-order valence-corrected chi connectivity index (χ3v) is 10.1. The van der Waals surface area contributed by atoms with Crippen LogP contribution in [-0.2, 0) is 29.3 Å². The van der Waals surface area contributed by atoms with Crippen LogP contribution >= 0.6 is 0 Å². The van der Waals surface area contributed by atoms with Crippen LogP contribution in [0.25, 0.3) is 16.9 Å². The molecule has 306 valence electrons. The molecule has 0 radical (unpaired) electrons. The van der Waals surface area contributed by atoms with E-state index in [4.69, 9.17) is 10.2 Å². The number of hydrogen-bond acceptors (Lipinski definition) is 2. The smallest absolute Gasteiger partial charge is 0.211 e. The van der Waals surface area contributed by atoms with Crippen LogP contribution in [0.3, 0.4) is 0 Å². The first kappa shape index (κ1) is 48.2. The summed E-state index contributed by atoms with van der Waals surface area (Å²) in [6.07, 6.45) is 20.4. The Morgan fingerprint density at radius 1 is 0.446 bits per heavy atom. The predicted molar refractivity (Wildman–Crippen MR) is 235 cm³/mol. The van der Waals surface area contributed by atoms with Crippen molar-refractivity contribution in [1.29, 1.82) is 0 Å². The molecule has 0 bridgehead atoms. The van der Waals surface area contributed by atoms with Crippen LogP contribution in [0, 0.1) is 13.8 Å². The summed E-state index contributed by atoms with van der Waals surface area (Å²) >= 11 is 0. The number of aryl methyl sites for hydroxylation is 4. The topological polar surface area (TPSA) is 65.8 Å². The molecule has 0 spiro atoms. The first-order chi connectivity index (χ1) is 26.7. The zero-order valence-electron chi connectivity index (χ0n) is 35.4. The molecule has 0 fully saturated rings. The van der Waals surface area contributed by atoms with Gasteiger partial charge in [-0.25, -0.2) is 4.70 Å². The van der Waals surface area contributed by atoms with Gasteiger partial charge in [0, 0.05) is 38.8 Å². The fraction of sp³-hybridized carbons (Fsp3) is 0.451. The molecular weight excluding hydrogens is 731 g/mol. The van der Waals surface area contributed by atoms with E-state index in [9.17, 15) is 5.53 Å². The number of phenolic OH excluding ortho intramolecular Hbond substituents is 2. The molecule has 2 N–H and O–H groups in total. The second-order valence-electron chi connectivity index (χ2n) is 15.2. The fourth-order valence-electron chi connectivity index (χ4n) is 7.32. The number of unbranched alkanes of at least 4 members (excludes halogenated alkanes) is 9. The molecular formula is C51H70N2NiO2. The summed E-state index contributed by atoms with van der Waals surface area (Å²) in [5.74, 6) is 0.644. The van der Waals surface area contributed by atoms with Gasteiger partial charge in [0.05, 0.1) is 0 Å². The van der Waals surface area contributed by atoms with Crippen LogP contribution in [0.2, 0.25) is 0 Å². The van der Waals surface area contributed by atoms with Gasteiger partial charge in [-0.05, 0) is 125 Å². The van der Waals surface area contributed by atoms with E-state index < -0.39 is 0 Å². The van der Waals surface area contributed by atoms with Crippen molar-refractivity contribution in [3.8, 4) is 11.5 Å². The van der Waals surface area contributed by atoms with E-state index in [1.165, 1.54) is 128 Å². The Balaban J connectivity index is 0.000000599. The Kier molecular flexibility index (Phi) is 23.8. The van der Waals surface area contributed by atoms with Crippen LogP contribution < -0.4 is 0 Å². The molecule has 5 rings (SSSR count).